The maximum atomic E-state index is 13.8. The standard InChI is InChI=1S/C21H19FN2O4S2/c1-16-11-12-18(23-29(25,26)14-13-17-7-3-2-4-8-17)15-21(16)30(27,28)24-20-10-6-5-9-19(20)22/h2-15,23-24H,1H3/b14-13+. The summed E-state index contributed by atoms with van der Waals surface area (Å²) in [6.45, 7) is 1.56. The zero-order valence-electron chi connectivity index (χ0n) is 15.9. The Morgan fingerprint density at radius 1 is 0.833 bits per heavy atom. The first-order valence-electron chi connectivity index (χ1n) is 8.80. The number of hydrogen-bond acceptors (Lipinski definition) is 4. The lowest BCUT2D eigenvalue weighted by Gasteiger charge is -2.13. The first-order valence-corrected chi connectivity index (χ1v) is 11.8. The predicted molar refractivity (Wildman–Crippen MR) is 116 cm³/mol. The van der Waals surface area contributed by atoms with Crippen molar-refractivity contribution in [3.05, 3.63) is 95.1 Å². The van der Waals surface area contributed by atoms with Gasteiger partial charge >= 0.3 is 0 Å². The van der Waals surface area contributed by atoms with Crippen LogP contribution in [0.15, 0.2) is 83.1 Å². The highest BCUT2D eigenvalue weighted by molar-refractivity contribution is 7.95. The molecular weight excluding hydrogens is 427 g/mol. The Morgan fingerprint density at radius 2 is 1.50 bits per heavy atom. The van der Waals surface area contributed by atoms with E-state index in [-0.39, 0.29) is 16.3 Å². The summed E-state index contributed by atoms with van der Waals surface area (Å²) in [7, 11) is -8.02. The Kier molecular flexibility index (Phi) is 6.23. The van der Waals surface area contributed by atoms with E-state index in [1.807, 2.05) is 6.07 Å². The highest BCUT2D eigenvalue weighted by Crippen LogP contribution is 2.25. The second kappa shape index (κ2) is 8.68. The molecule has 0 fully saturated rings. The van der Waals surface area contributed by atoms with Crippen LogP contribution in [-0.4, -0.2) is 16.8 Å². The van der Waals surface area contributed by atoms with Gasteiger partial charge in [0.25, 0.3) is 20.0 Å². The van der Waals surface area contributed by atoms with Crippen LogP contribution in [0.4, 0.5) is 15.8 Å². The van der Waals surface area contributed by atoms with Crippen LogP contribution in [0.25, 0.3) is 6.08 Å². The molecule has 2 N–H and O–H groups in total. The summed E-state index contributed by atoms with van der Waals surface area (Å²) in [6.07, 6.45) is 1.42. The lowest BCUT2D eigenvalue weighted by Crippen LogP contribution is -2.16. The summed E-state index contributed by atoms with van der Waals surface area (Å²) in [6, 6.07) is 18.3. The lowest BCUT2D eigenvalue weighted by molar-refractivity contribution is 0.597. The first kappa shape index (κ1) is 21.5. The number of sulfonamides is 2. The number of aryl methyl sites for hydroxylation is 1. The second-order valence-electron chi connectivity index (χ2n) is 6.43. The molecule has 0 aliphatic heterocycles. The Bertz CT molecular complexity index is 1290. The Balaban J connectivity index is 1.86. The fraction of sp³-hybridized carbons (Fsp3) is 0.0476. The average molecular weight is 447 g/mol. The first-order chi connectivity index (χ1) is 14.2. The lowest BCUT2D eigenvalue weighted by atomic mass is 10.2. The van der Waals surface area contributed by atoms with E-state index >= 15 is 0 Å². The summed E-state index contributed by atoms with van der Waals surface area (Å²) in [5, 5.41) is 0.994. The monoisotopic (exact) mass is 446 g/mol. The van der Waals surface area contributed by atoms with Crippen LogP contribution in [0, 0.1) is 12.7 Å². The molecular formula is C21H19FN2O4S2. The van der Waals surface area contributed by atoms with Crippen molar-refractivity contribution in [3.63, 3.8) is 0 Å². The number of rotatable bonds is 7. The van der Waals surface area contributed by atoms with Crippen molar-refractivity contribution in [2.24, 2.45) is 0 Å². The Morgan fingerprint density at radius 3 is 2.20 bits per heavy atom. The minimum atomic E-state index is -4.14. The molecule has 0 amide bonds. The van der Waals surface area contributed by atoms with Crippen LogP contribution in [0.5, 0.6) is 0 Å². The summed E-state index contributed by atoms with van der Waals surface area (Å²) >= 11 is 0. The van der Waals surface area contributed by atoms with Gasteiger partial charge in [-0.05, 0) is 48.4 Å². The molecule has 3 rings (SSSR count). The molecule has 0 saturated carbocycles. The second-order valence-corrected chi connectivity index (χ2v) is 9.64. The zero-order valence-corrected chi connectivity index (χ0v) is 17.5. The van der Waals surface area contributed by atoms with E-state index in [4.69, 9.17) is 0 Å². The molecule has 0 heterocycles. The van der Waals surface area contributed by atoms with Crippen molar-refractivity contribution >= 4 is 37.5 Å². The van der Waals surface area contributed by atoms with Gasteiger partial charge < -0.3 is 0 Å². The Labute approximate surface area is 175 Å². The number of nitrogens with one attached hydrogen (secondary N) is 2. The van der Waals surface area contributed by atoms with Gasteiger partial charge in [-0.1, -0.05) is 48.5 Å². The third-order valence-electron chi connectivity index (χ3n) is 4.10. The van der Waals surface area contributed by atoms with Gasteiger partial charge in [-0.25, -0.2) is 21.2 Å². The van der Waals surface area contributed by atoms with E-state index in [9.17, 15) is 21.2 Å². The number of hydrogen-bond donors (Lipinski definition) is 2. The molecule has 30 heavy (non-hydrogen) atoms. The molecule has 0 radical (unpaired) electrons. The van der Waals surface area contributed by atoms with Gasteiger partial charge in [-0.3, -0.25) is 9.44 Å². The molecule has 0 aromatic heterocycles. The molecule has 0 spiro atoms. The molecule has 0 atom stereocenters. The largest absolute Gasteiger partial charge is 0.280 e. The van der Waals surface area contributed by atoms with E-state index in [1.165, 1.54) is 42.5 Å². The van der Waals surface area contributed by atoms with Gasteiger partial charge in [0.1, 0.15) is 5.82 Å². The van der Waals surface area contributed by atoms with Crippen molar-refractivity contribution in [1.82, 2.24) is 0 Å². The van der Waals surface area contributed by atoms with Gasteiger partial charge in [-0.2, -0.15) is 0 Å². The SMILES string of the molecule is Cc1ccc(NS(=O)(=O)/C=C/c2ccccc2)cc1S(=O)(=O)Nc1ccccc1F. The summed E-state index contributed by atoms with van der Waals surface area (Å²) in [5.41, 5.74) is 0.937. The highest BCUT2D eigenvalue weighted by atomic mass is 32.2. The fourth-order valence-corrected chi connectivity index (χ4v) is 4.83. The number of halogens is 1. The van der Waals surface area contributed by atoms with E-state index in [1.54, 1.807) is 31.2 Å². The van der Waals surface area contributed by atoms with Crippen molar-refractivity contribution in [3.8, 4) is 0 Å². The quantitative estimate of drug-likeness (QED) is 0.564. The summed E-state index contributed by atoms with van der Waals surface area (Å²) in [4.78, 5) is -0.169. The average Bonchev–Trinajstić information content (AvgIpc) is 2.70. The zero-order chi connectivity index (χ0) is 21.8. The minimum absolute atomic E-state index is 0.0622. The van der Waals surface area contributed by atoms with E-state index in [0.29, 0.717) is 11.1 Å². The molecule has 3 aromatic rings. The number of para-hydroxylation sites is 1. The van der Waals surface area contributed by atoms with E-state index < -0.39 is 25.9 Å². The molecule has 6 nitrogen and oxygen atoms in total. The fourth-order valence-electron chi connectivity index (χ4n) is 2.63. The molecule has 0 unspecified atom stereocenters. The summed E-state index contributed by atoms with van der Waals surface area (Å²) in [5.74, 6) is -0.721. The van der Waals surface area contributed by atoms with Crippen molar-refractivity contribution in [1.29, 1.82) is 0 Å². The van der Waals surface area contributed by atoms with E-state index in [0.717, 1.165) is 11.5 Å². The molecule has 0 saturated heterocycles. The van der Waals surface area contributed by atoms with Gasteiger partial charge in [0, 0.05) is 0 Å². The van der Waals surface area contributed by atoms with Crippen molar-refractivity contribution < 1.29 is 21.2 Å². The van der Waals surface area contributed by atoms with Crippen LogP contribution in [-0.2, 0) is 20.0 Å². The van der Waals surface area contributed by atoms with Gasteiger partial charge in [0.05, 0.1) is 21.7 Å². The maximum Gasteiger partial charge on any atom is 0.262 e. The summed E-state index contributed by atoms with van der Waals surface area (Å²) < 4.78 is 68.5. The topological polar surface area (TPSA) is 92.3 Å². The van der Waals surface area contributed by atoms with Crippen molar-refractivity contribution in [2.75, 3.05) is 9.44 Å². The third-order valence-corrected chi connectivity index (χ3v) is 6.62. The molecule has 9 heteroatoms. The highest BCUT2D eigenvalue weighted by Gasteiger charge is 2.20. The molecule has 156 valence electrons. The van der Waals surface area contributed by atoms with Gasteiger partial charge in [0.2, 0.25) is 0 Å². The minimum Gasteiger partial charge on any atom is -0.280 e. The molecule has 0 aliphatic carbocycles. The van der Waals surface area contributed by atoms with Crippen LogP contribution in [0.2, 0.25) is 0 Å². The van der Waals surface area contributed by atoms with Crippen LogP contribution in [0.1, 0.15) is 11.1 Å². The molecule has 0 bridgehead atoms. The van der Waals surface area contributed by atoms with Crippen molar-refractivity contribution in [2.45, 2.75) is 11.8 Å². The molecule has 3 aromatic carbocycles. The van der Waals surface area contributed by atoms with Gasteiger partial charge in [0.15, 0.2) is 0 Å². The van der Waals surface area contributed by atoms with E-state index in [2.05, 4.69) is 9.44 Å². The normalized spacial score (nSPS) is 12.1. The number of benzene rings is 3. The van der Waals surface area contributed by atoms with Crippen LogP contribution >= 0.6 is 0 Å². The Hall–Kier alpha value is -3.17. The molecule has 0 aliphatic rings. The van der Waals surface area contributed by atoms with Crippen LogP contribution in [0.3, 0.4) is 0 Å². The third kappa shape index (κ3) is 5.46. The predicted octanol–water partition coefficient (Wildman–Crippen LogP) is 4.35. The smallest absolute Gasteiger partial charge is 0.262 e. The van der Waals surface area contributed by atoms with Gasteiger partial charge in [-0.15, -0.1) is 0 Å². The maximum absolute atomic E-state index is 13.8. The van der Waals surface area contributed by atoms with Crippen LogP contribution < -0.4 is 9.44 Å². The number of anilines is 2.